The van der Waals surface area contributed by atoms with Crippen molar-refractivity contribution >= 4 is 6.09 Å². The van der Waals surface area contributed by atoms with Gasteiger partial charge >= 0.3 is 6.09 Å². The molecule has 1 aromatic heterocycles. The summed E-state index contributed by atoms with van der Waals surface area (Å²) in [6.07, 6.45) is 1.41. The summed E-state index contributed by atoms with van der Waals surface area (Å²) in [4.78, 5) is 13.6. The molecule has 0 saturated heterocycles. The third-order valence-corrected chi connectivity index (χ3v) is 2.56. The van der Waals surface area contributed by atoms with E-state index in [9.17, 15) is 4.79 Å². The van der Waals surface area contributed by atoms with Gasteiger partial charge in [-0.1, -0.05) is 5.21 Å². The van der Waals surface area contributed by atoms with E-state index in [4.69, 9.17) is 4.74 Å². The van der Waals surface area contributed by atoms with Crippen LogP contribution in [-0.4, -0.2) is 38.1 Å². The maximum atomic E-state index is 11.9. The van der Waals surface area contributed by atoms with Gasteiger partial charge in [0.2, 0.25) is 0 Å². The van der Waals surface area contributed by atoms with Gasteiger partial charge in [0, 0.05) is 6.54 Å². The van der Waals surface area contributed by atoms with E-state index in [2.05, 4.69) is 10.3 Å². The van der Waals surface area contributed by atoms with Crippen molar-refractivity contribution in [2.45, 2.75) is 45.9 Å². The molecule has 1 aromatic rings. The summed E-state index contributed by atoms with van der Waals surface area (Å²) in [5.74, 6) is 0. The molecule has 0 radical (unpaired) electrons. The zero-order chi connectivity index (χ0) is 12.6. The Morgan fingerprint density at radius 1 is 1.53 bits per heavy atom. The lowest BCUT2D eigenvalue weighted by Crippen LogP contribution is -2.43. The van der Waals surface area contributed by atoms with Crippen molar-refractivity contribution in [2.24, 2.45) is 0 Å². The second kappa shape index (κ2) is 4.01. The molecule has 2 rings (SSSR count). The third-order valence-electron chi connectivity index (χ3n) is 2.56. The predicted octanol–water partition coefficient (Wildman–Crippen LogP) is 1.59. The molecule has 1 aliphatic heterocycles. The van der Waals surface area contributed by atoms with Gasteiger partial charge in [-0.15, -0.1) is 5.10 Å². The molecule has 0 bridgehead atoms. The highest BCUT2D eigenvalue weighted by Gasteiger charge is 2.29. The van der Waals surface area contributed by atoms with Gasteiger partial charge in [0.25, 0.3) is 0 Å². The molecular formula is C11H18N4O2. The Kier molecular flexibility index (Phi) is 2.81. The molecule has 1 amide bonds. The first kappa shape index (κ1) is 11.9. The number of hydrogen-bond acceptors (Lipinski definition) is 4. The SMILES string of the molecule is CC1CN(C(=O)OC(C)(C)C)Cc2cnnn21. The average molecular weight is 238 g/mol. The summed E-state index contributed by atoms with van der Waals surface area (Å²) in [5.41, 5.74) is 0.477. The van der Waals surface area contributed by atoms with Gasteiger partial charge in [-0.25, -0.2) is 9.48 Å². The maximum Gasteiger partial charge on any atom is 0.410 e. The van der Waals surface area contributed by atoms with Gasteiger partial charge in [-0.2, -0.15) is 0 Å². The molecule has 2 heterocycles. The van der Waals surface area contributed by atoms with Crippen LogP contribution in [0.1, 0.15) is 39.4 Å². The normalized spacial score (nSPS) is 20.0. The minimum atomic E-state index is -0.462. The van der Waals surface area contributed by atoms with Crippen molar-refractivity contribution in [3.63, 3.8) is 0 Å². The van der Waals surface area contributed by atoms with Gasteiger partial charge in [0.15, 0.2) is 0 Å². The fourth-order valence-corrected chi connectivity index (χ4v) is 1.87. The molecule has 1 unspecified atom stereocenters. The second-order valence-electron chi connectivity index (χ2n) is 5.38. The monoisotopic (exact) mass is 238 g/mol. The van der Waals surface area contributed by atoms with Crippen molar-refractivity contribution in [3.8, 4) is 0 Å². The number of aromatic nitrogens is 3. The molecule has 0 aromatic carbocycles. The zero-order valence-corrected chi connectivity index (χ0v) is 10.7. The number of ether oxygens (including phenoxy) is 1. The highest BCUT2D eigenvalue weighted by Crippen LogP contribution is 2.20. The van der Waals surface area contributed by atoms with Gasteiger partial charge < -0.3 is 9.64 Å². The average Bonchev–Trinajstić information content (AvgIpc) is 2.63. The highest BCUT2D eigenvalue weighted by atomic mass is 16.6. The van der Waals surface area contributed by atoms with E-state index in [-0.39, 0.29) is 12.1 Å². The van der Waals surface area contributed by atoms with Crippen LogP contribution in [-0.2, 0) is 11.3 Å². The lowest BCUT2D eigenvalue weighted by atomic mass is 10.2. The standard InChI is InChI=1S/C11H18N4O2/c1-8-6-14(10(16)17-11(2,3)4)7-9-5-12-13-15(8)9/h5,8H,6-7H2,1-4H3. The largest absolute Gasteiger partial charge is 0.444 e. The van der Waals surface area contributed by atoms with Gasteiger partial charge in [0.05, 0.1) is 24.5 Å². The second-order valence-corrected chi connectivity index (χ2v) is 5.38. The topological polar surface area (TPSA) is 60.3 Å². The van der Waals surface area contributed by atoms with Crippen molar-refractivity contribution in [1.29, 1.82) is 0 Å². The molecule has 1 atom stereocenters. The van der Waals surface area contributed by atoms with Crippen LogP contribution < -0.4 is 0 Å². The lowest BCUT2D eigenvalue weighted by Gasteiger charge is -2.33. The summed E-state index contributed by atoms with van der Waals surface area (Å²) in [6, 6.07) is 0.133. The number of carbonyl (C=O) groups excluding carboxylic acids is 1. The van der Waals surface area contributed by atoms with Crippen LogP contribution in [0.15, 0.2) is 6.20 Å². The smallest absolute Gasteiger partial charge is 0.410 e. The number of nitrogens with zero attached hydrogens (tertiary/aromatic N) is 4. The van der Waals surface area contributed by atoms with Crippen LogP contribution in [0.5, 0.6) is 0 Å². The van der Waals surface area contributed by atoms with E-state index < -0.39 is 5.60 Å². The van der Waals surface area contributed by atoms with E-state index in [1.54, 1.807) is 11.1 Å². The Balaban J connectivity index is 2.09. The maximum absolute atomic E-state index is 11.9. The minimum absolute atomic E-state index is 0.133. The summed E-state index contributed by atoms with van der Waals surface area (Å²) < 4.78 is 7.20. The summed E-state index contributed by atoms with van der Waals surface area (Å²) in [7, 11) is 0. The van der Waals surface area contributed by atoms with Crippen molar-refractivity contribution in [3.05, 3.63) is 11.9 Å². The van der Waals surface area contributed by atoms with E-state index in [1.165, 1.54) is 0 Å². The molecule has 94 valence electrons. The fourth-order valence-electron chi connectivity index (χ4n) is 1.87. The van der Waals surface area contributed by atoms with Crippen LogP contribution >= 0.6 is 0 Å². The van der Waals surface area contributed by atoms with Crippen LogP contribution in [0.25, 0.3) is 0 Å². The third kappa shape index (κ3) is 2.57. The Hall–Kier alpha value is -1.59. The molecule has 6 nitrogen and oxygen atoms in total. The van der Waals surface area contributed by atoms with Gasteiger partial charge in [0.1, 0.15) is 5.60 Å². The number of fused-ring (bicyclic) bond motifs is 1. The highest BCUT2D eigenvalue weighted by molar-refractivity contribution is 5.68. The minimum Gasteiger partial charge on any atom is -0.444 e. The van der Waals surface area contributed by atoms with Gasteiger partial charge in [-0.05, 0) is 27.7 Å². The Morgan fingerprint density at radius 3 is 2.88 bits per heavy atom. The molecule has 0 fully saturated rings. The molecule has 0 spiro atoms. The first-order valence-corrected chi connectivity index (χ1v) is 5.74. The first-order valence-electron chi connectivity index (χ1n) is 5.74. The van der Waals surface area contributed by atoms with Crippen molar-refractivity contribution in [2.75, 3.05) is 6.54 Å². The quantitative estimate of drug-likeness (QED) is 0.688. The summed E-state index contributed by atoms with van der Waals surface area (Å²) in [5, 5.41) is 7.85. The number of carbonyl (C=O) groups is 1. The Bertz CT molecular complexity index is 421. The van der Waals surface area contributed by atoms with Crippen molar-refractivity contribution in [1.82, 2.24) is 19.9 Å². The summed E-state index contributed by atoms with van der Waals surface area (Å²) in [6.45, 7) is 8.71. The fraction of sp³-hybridized carbons (Fsp3) is 0.727. The summed E-state index contributed by atoms with van der Waals surface area (Å²) >= 11 is 0. The molecule has 6 heteroatoms. The van der Waals surface area contributed by atoms with E-state index in [0.717, 1.165) is 5.69 Å². The number of hydrogen-bond donors (Lipinski definition) is 0. The Labute approximate surface area is 101 Å². The molecule has 0 saturated carbocycles. The van der Waals surface area contributed by atoms with Gasteiger partial charge in [-0.3, -0.25) is 0 Å². The van der Waals surface area contributed by atoms with Crippen LogP contribution in [0.2, 0.25) is 0 Å². The molecule has 17 heavy (non-hydrogen) atoms. The molecular weight excluding hydrogens is 220 g/mol. The number of rotatable bonds is 0. The van der Waals surface area contributed by atoms with E-state index in [1.807, 2.05) is 32.4 Å². The number of amides is 1. The molecule has 1 aliphatic rings. The molecule has 0 aliphatic carbocycles. The Morgan fingerprint density at radius 2 is 2.24 bits per heavy atom. The van der Waals surface area contributed by atoms with Crippen LogP contribution in [0.4, 0.5) is 4.79 Å². The lowest BCUT2D eigenvalue weighted by molar-refractivity contribution is 0.0166. The van der Waals surface area contributed by atoms with Crippen LogP contribution in [0, 0.1) is 0 Å². The predicted molar refractivity (Wildman–Crippen MR) is 61.4 cm³/mol. The first-order chi connectivity index (χ1) is 7.87. The van der Waals surface area contributed by atoms with Crippen molar-refractivity contribution < 1.29 is 9.53 Å². The van der Waals surface area contributed by atoms with Crippen LogP contribution in [0.3, 0.4) is 0 Å². The van der Waals surface area contributed by atoms with E-state index in [0.29, 0.717) is 13.1 Å². The molecule has 0 N–H and O–H groups in total. The zero-order valence-electron chi connectivity index (χ0n) is 10.7. The van der Waals surface area contributed by atoms with E-state index >= 15 is 0 Å².